The number of halogens is 1. The van der Waals surface area contributed by atoms with Gasteiger partial charge in [0.1, 0.15) is 0 Å². The molecule has 27 heavy (non-hydrogen) atoms. The van der Waals surface area contributed by atoms with Crippen molar-refractivity contribution in [3.8, 4) is 0 Å². The van der Waals surface area contributed by atoms with Crippen molar-refractivity contribution in [2.24, 2.45) is 5.92 Å². The van der Waals surface area contributed by atoms with Gasteiger partial charge in [-0.15, -0.1) is 0 Å². The van der Waals surface area contributed by atoms with Crippen molar-refractivity contribution in [1.29, 1.82) is 0 Å². The summed E-state index contributed by atoms with van der Waals surface area (Å²) in [5.74, 6) is 0.650. The van der Waals surface area contributed by atoms with Gasteiger partial charge in [0.05, 0.1) is 0 Å². The van der Waals surface area contributed by atoms with E-state index >= 15 is 0 Å². The molecule has 0 amide bonds. The minimum atomic E-state index is -3.10. The Morgan fingerprint density at radius 2 is 1.07 bits per heavy atom. The molecule has 0 fully saturated rings. The Kier molecular flexibility index (Phi) is 5.99. The fraction of sp³-hybridized carbons (Fsp3) is 0.208. The van der Waals surface area contributed by atoms with E-state index in [-0.39, 0.29) is 0 Å². The summed E-state index contributed by atoms with van der Waals surface area (Å²) in [6.45, 7) is 4.21. The van der Waals surface area contributed by atoms with Gasteiger partial charge in [-0.1, -0.05) is 0 Å². The zero-order chi connectivity index (χ0) is 19.4. The first-order valence-electron chi connectivity index (χ1n) is 9.36. The van der Waals surface area contributed by atoms with E-state index in [0.717, 1.165) is 0 Å². The Balaban J connectivity index is 2.34. The molecule has 0 atom stereocenters. The maximum absolute atomic E-state index is 13.2. The standard InChI is InChI=1S/C24H26BrOP/c1-20(2)18-21(26)19-27(25,22-12-6-3-7-13-22,23-14-8-4-9-15-23)24-16-10-5-11-17-24/h3-17,20H,18-19H2,1-2H3. The van der Waals surface area contributed by atoms with Gasteiger partial charge in [0.2, 0.25) is 0 Å². The summed E-state index contributed by atoms with van der Waals surface area (Å²) in [6, 6.07) is 31.5. The summed E-state index contributed by atoms with van der Waals surface area (Å²) in [5, 5.41) is 0.473. The molecule has 0 aliphatic rings. The van der Waals surface area contributed by atoms with Crippen LogP contribution in [-0.4, -0.2) is 11.9 Å². The second-order valence-electron chi connectivity index (χ2n) is 7.48. The number of hydrogen-bond acceptors (Lipinski definition) is 1. The van der Waals surface area contributed by atoms with Gasteiger partial charge in [-0.2, -0.15) is 0 Å². The summed E-state index contributed by atoms with van der Waals surface area (Å²) in [5.41, 5.74) is 0. The molecule has 0 bridgehead atoms. The van der Waals surface area contributed by atoms with Gasteiger partial charge in [0.25, 0.3) is 0 Å². The molecule has 1 nitrogen and oxygen atoms in total. The number of Topliss-reactive ketones (excluding diaryl/α,β-unsaturated/α-hetero) is 1. The van der Waals surface area contributed by atoms with Gasteiger partial charge in [-0.3, -0.25) is 0 Å². The Labute approximate surface area is 170 Å². The van der Waals surface area contributed by atoms with Crippen LogP contribution >= 0.6 is 20.8 Å². The fourth-order valence-electron chi connectivity index (χ4n) is 3.79. The number of carbonyl (C=O) groups is 1. The second-order valence-corrected chi connectivity index (χ2v) is 16.4. The molecule has 140 valence electrons. The molecular formula is C24H26BrOP. The van der Waals surface area contributed by atoms with E-state index in [0.29, 0.717) is 24.3 Å². The van der Waals surface area contributed by atoms with Crippen molar-refractivity contribution in [3.05, 3.63) is 91.0 Å². The third-order valence-corrected chi connectivity index (χ3v) is 14.5. The molecule has 3 rings (SSSR count). The summed E-state index contributed by atoms with van der Waals surface area (Å²) in [6.07, 6.45) is 1.08. The van der Waals surface area contributed by atoms with Crippen molar-refractivity contribution < 1.29 is 4.79 Å². The van der Waals surface area contributed by atoms with Gasteiger partial charge < -0.3 is 0 Å². The van der Waals surface area contributed by atoms with Crippen LogP contribution in [0.1, 0.15) is 20.3 Å². The molecule has 0 unspecified atom stereocenters. The van der Waals surface area contributed by atoms with E-state index < -0.39 is 5.31 Å². The molecule has 0 saturated heterocycles. The van der Waals surface area contributed by atoms with Crippen LogP contribution in [0, 0.1) is 5.92 Å². The maximum atomic E-state index is 13.2. The Bertz CT molecular complexity index is 792. The van der Waals surface area contributed by atoms with Crippen molar-refractivity contribution in [2.75, 3.05) is 6.16 Å². The molecule has 0 heterocycles. The molecule has 3 aromatic carbocycles. The van der Waals surface area contributed by atoms with E-state index in [2.05, 4.69) is 102 Å². The fourth-order valence-corrected chi connectivity index (χ4v) is 11.4. The normalized spacial score (nSPS) is 13.1. The molecule has 0 aliphatic carbocycles. The summed E-state index contributed by atoms with van der Waals surface area (Å²) in [4.78, 5) is 13.2. The zero-order valence-electron chi connectivity index (χ0n) is 15.9. The van der Waals surface area contributed by atoms with E-state index in [1.807, 2.05) is 18.2 Å². The molecule has 3 heteroatoms. The molecule has 0 aromatic heterocycles. The van der Waals surface area contributed by atoms with E-state index in [1.165, 1.54) is 15.9 Å². The van der Waals surface area contributed by atoms with E-state index in [9.17, 15) is 4.79 Å². The van der Waals surface area contributed by atoms with Crippen LogP contribution < -0.4 is 15.9 Å². The van der Waals surface area contributed by atoms with Gasteiger partial charge in [0.15, 0.2) is 0 Å². The van der Waals surface area contributed by atoms with Crippen LogP contribution in [0.2, 0.25) is 0 Å². The van der Waals surface area contributed by atoms with Crippen LogP contribution in [0.4, 0.5) is 0 Å². The Hall–Kier alpha value is -1.76. The molecule has 0 saturated carbocycles. The van der Waals surface area contributed by atoms with Gasteiger partial charge in [0, 0.05) is 0 Å². The molecule has 0 N–H and O–H groups in total. The number of hydrogen-bond donors (Lipinski definition) is 0. The average molecular weight is 441 g/mol. The third kappa shape index (κ3) is 3.79. The second kappa shape index (κ2) is 8.09. The van der Waals surface area contributed by atoms with Crippen molar-refractivity contribution >= 4 is 42.5 Å². The molecule has 0 radical (unpaired) electrons. The number of ketones is 1. The molecule has 3 aromatic rings. The zero-order valence-corrected chi connectivity index (χ0v) is 18.4. The summed E-state index contributed by atoms with van der Waals surface area (Å²) in [7, 11) is 0. The molecule has 0 spiro atoms. The van der Waals surface area contributed by atoms with Gasteiger partial charge in [-0.05, 0) is 0 Å². The summed E-state index contributed by atoms with van der Waals surface area (Å²) < 4.78 is 0. The van der Waals surface area contributed by atoms with Crippen molar-refractivity contribution in [2.45, 2.75) is 20.3 Å². The van der Waals surface area contributed by atoms with Crippen LogP contribution in [-0.2, 0) is 4.79 Å². The minimum absolute atomic E-state index is 0.302. The Morgan fingerprint density at radius 3 is 1.37 bits per heavy atom. The van der Waals surface area contributed by atoms with Crippen molar-refractivity contribution in [1.82, 2.24) is 0 Å². The Morgan fingerprint density at radius 1 is 0.741 bits per heavy atom. The van der Waals surface area contributed by atoms with Crippen LogP contribution in [0.5, 0.6) is 0 Å². The predicted octanol–water partition coefficient (Wildman–Crippen LogP) is 5.44. The third-order valence-electron chi connectivity index (χ3n) is 4.99. The van der Waals surface area contributed by atoms with Crippen LogP contribution in [0.3, 0.4) is 0 Å². The van der Waals surface area contributed by atoms with Gasteiger partial charge >= 0.3 is 171 Å². The predicted molar refractivity (Wildman–Crippen MR) is 123 cm³/mol. The quantitative estimate of drug-likeness (QED) is 0.447. The monoisotopic (exact) mass is 440 g/mol. The summed E-state index contributed by atoms with van der Waals surface area (Å²) >= 11 is 4.32. The van der Waals surface area contributed by atoms with Crippen LogP contribution in [0.25, 0.3) is 0 Å². The van der Waals surface area contributed by atoms with E-state index in [1.54, 1.807) is 0 Å². The van der Waals surface area contributed by atoms with Crippen LogP contribution in [0.15, 0.2) is 91.0 Å². The topological polar surface area (TPSA) is 17.1 Å². The number of rotatable bonds is 7. The van der Waals surface area contributed by atoms with E-state index in [4.69, 9.17) is 0 Å². The van der Waals surface area contributed by atoms with Gasteiger partial charge in [-0.25, -0.2) is 0 Å². The average Bonchev–Trinajstić information content (AvgIpc) is 2.69. The SMILES string of the molecule is CC(C)CC(=O)CP(Br)(c1ccccc1)(c1ccccc1)c1ccccc1. The first-order valence-corrected chi connectivity index (χ1v) is 13.8. The first kappa shape index (κ1) is 20.0. The molecule has 0 aliphatic heterocycles. The first-order chi connectivity index (χ1) is 12.9. The molecular weight excluding hydrogens is 415 g/mol. The number of benzene rings is 3. The van der Waals surface area contributed by atoms with Crippen molar-refractivity contribution in [3.63, 3.8) is 0 Å². The number of carbonyl (C=O) groups excluding carboxylic acids is 1.